The van der Waals surface area contributed by atoms with Gasteiger partial charge in [-0.15, -0.1) is 0 Å². The lowest BCUT2D eigenvalue weighted by molar-refractivity contribution is 0.0601. The molecule has 0 saturated heterocycles. The van der Waals surface area contributed by atoms with Crippen LogP contribution in [0.3, 0.4) is 0 Å². The highest BCUT2D eigenvalue weighted by Crippen LogP contribution is 2.20. The lowest BCUT2D eigenvalue weighted by Crippen LogP contribution is -2.22. The molecule has 0 spiro atoms. The van der Waals surface area contributed by atoms with Gasteiger partial charge in [0.1, 0.15) is 5.65 Å². The average Bonchev–Trinajstić information content (AvgIpc) is 2.53. The standard InChI is InChI=1S/C15H11N3O4/c1-22-14(20)9-4-2-3-8(7-9)11-6-5-10-12(16-11)17-15(21)18-13(10)19/h2-7H,1H3,(H2,16,17,18,19,21). The van der Waals surface area contributed by atoms with Crippen LogP contribution < -0.4 is 11.2 Å². The number of pyridine rings is 1. The van der Waals surface area contributed by atoms with Crippen LogP contribution in [0.1, 0.15) is 10.4 Å². The second kappa shape index (κ2) is 5.28. The van der Waals surface area contributed by atoms with E-state index in [-0.39, 0.29) is 11.0 Å². The minimum absolute atomic E-state index is 0.190. The van der Waals surface area contributed by atoms with E-state index < -0.39 is 17.2 Å². The van der Waals surface area contributed by atoms with Gasteiger partial charge in [-0.2, -0.15) is 0 Å². The van der Waals surface area contributed by atoms with Gasteiger partial charge in [-0.3, -0.25) is 14.8 Å². The maximum absolute atomic E-state index is 11.7. The molecule has 0 bridgehead atoms. The summed E-state index contributed by atoms with van der Waals surface area (Å²) in [6.07, 6.45) is 0. The van der Waals surface area contributed by atoms with Crippen molar-refractivity contribution in [1.82, 2.24) is 15.0 Å². The summed E-state index contributed by atoms with van der Waals surface area (Å²) in [7, 11) is 1.31. The Morgan fingerprint density at radius 3 is 2.73 bits per heavy atom. The molecule has 0 fully saturated rings. The van der Waals surface area contributed by atoms with E-state index in [4.69, 9.17) is 0 Å². The zero-order valence-corrected chi connectivity index (χ0v) is 11.5. The lowest BCUT2D eigenvalue weighted by atomic mass is 10.1. The van der Waals surface area contributed by atoms with Crippen molar-refractivity contribution in [2.75, 3.05) is 7.11 Å². The molecule has 2 heterocycles. The normalized spacial score (nSPS) is 10.6. The largest absolute Gasteiger partial charge is 0.465 e. The van der Waals surface area contributed by atoms with Crippen LogP contribution in [0, 0.1) is 0 Å². The lowest BCUT2D eigenvalue weighted by Gasteiger charge is -2.05. The second-order valence-electron chi connectivity index (χ2n) is 4.57. The molecule has 7 heteroatoms. The third-order valence-corrected chi connectivity index (χ3v) is 3.18. The van der Waals surface area contributed by atoms with Crippen molar-refractivity contribution in [3.8, 4) is 11.3 Å². The number of fused-ring (bicyclic) bond motifs is 1. The number of aromatic nitrogens is 3. The van der Waals surface area contributed by atoms with E-state index in [9.17, 15) is 14.4 Å². The van der Waals surface area contributed by atoms with Crippen LogP contribution in [-0.4, -0.2) is 28.0 Å². The minimum Gasteiger partial charge on any atom is -0.465 e. The number of aromatic amines is 2. The summed E-state index contributed by atoms with van der Waals surface area (Å²) in [4.78, 5) is 43.4. The van der Waals surface area contributed by atoms with Gasteiger partial charge in [-0.05, 0) is 24.3 Å². The Balaban J connectivity index is 2.16. The number of benzene rings is 1. The van der Waals surface area contributed by atoms with E-state index in [1.165, 1.54) is 7.11 Å². The van der Waals surface area contributed by atoms with E-state index >= 15 is 0 Å². The van der Waals surface area contributed by atoms with Gasteiger partial charge in [0.2, 0.25) is 0 Å². The number of carbonyl (C=O) groups excluding carboxylic acids is 1. The molecule has 0 saturated carbocycles. The summed E-state index contributed by atoms with van der Waals surface area (Å²) in [6.45, 7) is 0. The van der Waals surface area contributed by atoms with Crippen molar-refractivity contribution in [3.63, 3.8) is 0 Å². The molecule has 110 valence electrons. The van der Waals surface area contributed by atoms with Crippen molar-refractivity contribution >= 4 is 17.0 Å². The van der Waals surface area contributed by atoms with Crippen LogP contribution >= 0.6 is 0 Å². The second-order valence-corrected chi connectivity index (χ2v) is 4.57. The van der Waals surface area contributed by atoms with Gasteiger partial charge < -0.3 is 4.74 Å². The molecule has 0 aliphatic rings. The highest BCUT2D eigenvalue weighted by molar-refractivity contribution is 5.91. The molecule has 1 aromatic carbocycles. The Bertz CT molecular complexity index is 988. The molecular weight excluding hydrogens is 286 g/mol. The number of nitrogens with one attached hydrogen (secondary N) is 2. The fourth-order valence-electron chi connectivity index (χ4n) is 2.13. The number of ether oxygens (including phenoxy) is 1. The molecule has 7 nitrogen and oxygen atoms in total. The molecular formula is C15H11N3O4. The van der Waals surface area contributed by atoms with E-state index in [1.54, 1.807) is 36.4 Å². The Labute approximate surface area is 123 Å². The smallest absolute Gasteiger partial charge is 0.337 e. The Kier molecular flexibility index (Phi) is 3.30. The van der Waals surface area contributed by atoms with Crippen molar-refractivity contribution < 1.29 is 9.53 Å². The quantitative estimate of drug-likeness (QED) is 0.688. The van der Waals surface area contributed by atoms with E-state index in [2.05, 4.69) is 19.7 Å². The molecule has 0 amide bonds. The molecule has 2 aromatic heterocycles. The summed E-state index contributed by atoms with van der Waals surface area (Å²) in [5, 5.41) is 0.285. The third kappa shape index (κ3) is 2.39. The predicted molar refractivity (Wildman–Crippen MR) is 79.8 cm³/mol. The molecule has 0 atom stereocenters. The highest BCUT2D eigenvalue weighted by atomic mass is 16.5. The SMILES string of the molecule is COC(=O)c1cccc(-c2ccc3c(=O)[nH]c(=O)[nH]c3n2)c1. The third-order valence-electron chi connectivity index (χ3n) is 3.18. The van der Waals surface area contributed by atoms with Gasteiger partial charge in [0.15, 0.2) is 0 Å². The molecule has 3 rings (SSSR count). The van der Waals surface area contributed by atoms with E-state index in [1.807, 2.05) is 0 Å². The van der Waals surface area contributed by atoms with Crippen LogP contribution in [0.15, 0.2) is 46.0 Å². The molecule has 0 unspecified atom stereocenters. The molecule has 3 aromatic rings. The van der Waals surface area contributed by atoms with Gasteiger partial charge >= 0.3 is 11.7 Å². The first-order valence-corrected chi connectivity index (χ1v) is 6.40. The number of carbonyl (C=O) groups is 1. The summed E-state index contributed by atoms with van der Waals surface area (Å²) in [5.41, 5.74) is 0.660. The summed E-state index contributed by atoms with van der Waals surface area (Å²) in [6, 6.07) is 9.94. The zero-order chi connectivity index (χ0) is 15.7. The van der Waals surface area contributed by atoms with Crippen LogP contribution in [0.4, 0.5) is 0 Å². The summed E-state index contributed by atoms with van der Waals surface area (Å²) >= 11 is 0. The molecule has 0 aliphatic carbocycles. The molecule has 2 N–H and O–H groups in total. The van der Waals surface area contributed by atoms with Gasteiger partial charge in [0.05, 0.1) is 23.8 Å². The van der Waals surface area contributed by atoms with Gasteiger partial charge in [0.25, 0.3) is 5.56 Å². The van der Waals surface area contributed by atoms with E-state index in [0.29, 0.717) is 16.8 Å². The number of H-pyrrole nitrogens is 2. The zero-order valence-electron chi connectivity index (χ0n) is 11.5. The first kappa shape index (κ1) is 13.7. The predicted octanol–water partition coefficient (Wildman–Crippen LogP) is 1.06. The van der Waals surface area contributed by atoms with Crippen LogP contribution in [-0.2, 0) is 4.74 Å². The summed E-state index contributed by atoms with van der Waals surface area (Å²) in [5.74, 6) is -0.451. The fourth-order valence-corrected chi connectivity index (χ4v) is 2.13. The van der Waals surface area contributed by atoms with Crippen molar-refractivity contribution in [3.05, 3.63) is 62.8 Å². The molecule has 0 aliphatic heterocycles. The maximum Gasteiger partial charge on any atom is 0.337 e. The number of hydrogen-bond acceptors (Lipinski definition) is 5. The van der Waals surface area contributed by atoms with Crippen molar-refractivity contribution in [1.29, 1.82) is 0 Å². The monoisotopic (exact) mass is 297 g/mol. The van der Waals surface area contributed by atoms with Gasteiger partial charge in [-0.1, -0.05) is 12.1 Å². The molecule has 22 heavy (non-hydrogen) atoms. The minimum atomic E-state index is -0.620. The Morgan fingerprint density at radius 1 is 1.14 bits per heavy atom. The number of esters is 1. The number of methoxy groups -OCH3 is 1. The van der Waals surface area contributed by atoms with Crippen molar-refractivity contribution in [2.24, 2.45) is 0 Å². The van der Waals surface area contributed by atoms with Crippen LogP contribution in [0.2, 0.25) is 0 Å². The highest BCUT2D eigenvalue weighted by Gasteiger charge is 2.09. The van der Waals surface area contributed by atoms with Crippen molar-refractivity contribution in [2.45, 2.75) is 0 Å². The van der Waals surface area contributed by atoms with Crippen LogP contribution in [0.5, 0.6) is 0 Å². The Hall–Kier alpha value is -3.22. The van der Waals surface area contributed by atoms with E-state index in [0.717, 1.165) is 0 Å². The number of rotatable bonds is 2. The average molecular weight is 297 g/mol. The Morgan fingerprint density at radius 2 is 1.95 bits per heavy atom. The van der Waals surface area contributed by atoms with Gasteiger partial charge in [0, 0.05) is 5.56 Å². The maximum atomic E-state index is 11.7. The van der Waals surface area contributed by atoms with Crippen LogP contribution in [0.25, 0.3) is 22.3 Å². The first-order valence-electron chi connectivity index (χ1n) is 6.40. The first-order chi connectivity index (χ1) is 10.6. The number of hydrogen-bond donors (Lipinski definition) is 2. The molecule has 0 radical (unpaired) electrons. The van der Waals surface area contributed by atoms with Gasteiger partial charge in [-0.25, -0.2) is 14.6 Å². The number of nitrogens with zero attached hydrogens (tertiary/aromatic N) is 1. The fraction of sp³-hybridized carbons (Fsp3) is 0.0667. The summed E-state index contributed by atoms with van der Waals surface area (Å²) < 4.78 is 4.68. The topological polar surface area (TPSA) is 105 Å².